The molecule has 2 aromatic carbocycles. The highest BCUT2D eigenvalue weighted by Crippen LogP contribution is 2.22. The van der Waals surface area contributed by atoms with Gasteiger partial charge < -0.3 is 4.98 Å². The Kier molecular flexibility index (Phi) is 3.24. The minimum Gasteiger partial charge on any atom is -0.361 e. The Balaban J connectivity index is 1.82. The van der Waals surface area contributed by atoms with E-state index in [9.17, 15) is 4.79 Å². The van der Waals surface area contributed by atoms with Crippen LogP contribution in [0.25, 0.3) is 16.6 Å². The first-order chi connectivity index (χ1) is 11.4. The van der Waals surface area contributed by atoms with Gasteiger partial charge in [-0.1, -0.05) is 41.6 Å². The number of carbonyl (C=O) groups is 1. The largest absolute Gasteiger partial charge is 0.361 e. The first-order valence-electron chi connectivity index (χ1n) is 7.37. The van der Waals surface area contributed by atoms with Crippen LogP contribution in [-0.4, -0.2) is 26.3 Å². The number of H-pyrrole nitrogens is 1. The third-order valence-corrected chi connectivity index (χ3v) is 3.94. The standard InChI is InChI=1S/C18H14N4O/c23-12-17-18(22(21-20-17)14-6-2-1-3-7-14)10-13-11-19-16-9-5-4-8-15(13)16/h1-9,11-12,19H,10H2. The number of nitrogens with zero attached hydrogens (tertiary/aromatic N) is 3. The van der Waals surface area contributed by atoms with Crippen molar-refractivity contribution in [2.24, 2.45) is 0 Å². The Bertz CT molecular complexity index is 969. The molecule has 0 aliphatic rings. The van der Waals surface area contributed by atoms with Crippen molar-refractivity contribution >= 4 is 17.2 Å². The zero-order valence-electron chi connectivity index (χ0n) is 12.3. The summed E-state index contributed by atoms with van der Waals surface area (Å²) in [4.78, 5) is 14.6. The van der Waals surface area contributed by atoms with E-state index in [1.54, 1.807) is 4.68 Å². The Morgan fingerprint density at radius 3 is 2.65 bits per heavy atom. The lowest BCUT2D eigenvalue weighted by Crippen LogP contribution is -2.04. The van der Waals surface area contributed by atoms with E-state index in [1.807, 2.05) is 54.7 Å². The third-order valence-electron chi connectivity index (χ3n) is 3.94. The molecule has 2 aromatic heterocycles. The summed E-state index contributed by atoms with van der Waals surface area (Å²) in [5.74, 6) is 0. The summed E-state index contributed by atoms with van der Waals surface area (Å²) in [5.41, 5.74) is 4.25. The lowest BCUT2D eigenvalue weighted by molar-refractivity contribution is 0.111. The number of aldehydes is 1. The number of hydrogen-bond donors (Lipinski definition) is 1. The molecule has 0 atom stereocenters. The highest BCUT2D eigenvalue weighted by atomic mass is 16.1. The SMILES string of the molecule is O=Cc1nnn(-c2ccccc2)c1Cc1c[nH]c2ccccc12. The lowest BCUT2D eigenvalue weighted by Gasteiger charge is -2.06. The molecular formula is C18H14N4O. The molecule has 0 spiro atoms. The average Bonchev–Trinajstić information content (AvgIpc) is 3.20. The molecule has 4 aromatic rings. The van der Waals surface area contributed by atoms with Crippen LogP contribution in [0.3, 0.4) is 0 Å². The molecule has 2 heterocycles. The van der Waals surface area contributed by atoms with Gasteiger partial charge in [0.25, 0.3) is 0 Å². The fraction of sp³-hybridized carbons (Fsp3) is 0.0556. The molecule has 0 aliphatic heterocycles. The van der Waals surface area contributed by atoms with Gasteiger partial charge in [0, 0.05) is 23.5 Å². The zero-order valence-corrected chi connectivity index (χ0v) is 12.3. The monoisotopic (exact) mass is 302 g/mol. The maximum atomic E-state index is 11.3. The maximum Gasteiger partial charge on any atom is 0.172 e. The highest BCUT2D eigenvalue weighted by molar-refractivity contribution is 5.84. The van der Waals surface area contributed by atoms with E-state index >= 15 is 0 Å². The number of nitrogens with one attached hydrogen (secondary N) is 1. The van der Waals surface area contributed by atoms with Gasteiger partial charge in [0.05, 0.1) is 11.4 Å². The molecule has 0 amide bonds. The van der Waals surface area contributed by atoms with Gasteiger partial charge in [0.1, 0.15) is 5.69 Å². The second kappa shape index (κ2) is 5.53. The minimum atomic E-state index is 0.374. The van der Waals surface area contributed by atoms with Crippen molar-refractivity contribution in [3.8, 4) is 5.69 Å². The average molecular weight is 302 g/mol. The Labute approximate surface area is 132 Å². The lowest BCUT2D eigenvalue weighted by atomic mass is 10.1. The molecule has 0 fully saturated rings. The van der Waals surface area contributed by atoms with Crippen LogP contribution in [0, 0.1) is 0 Å². The summed E-state index contributed by atoms with van der Waals surface area (Å²) in [6.07, 6.45) is 3.32. The molecule has 0 saturated carbocycles. The smallest absolute Gasteiger partial charge is 0.172 e. The van der Waals surface area contributed by atoms with Gasteiger partial charge in [0.15, 0.2) is 6.29 Å². The van der Waals surface area contributed by atoms with E-state index in [2.05, 4.69) is 21.4 Å². The highest BCUT2D eigenvalue weighted by Gasteiger charge is 2.16. The molecule has 0 unspecified atom stereocenters. The molecular weight excluding hydrogens is 288 g/mol. The zero-order chi connectivity index (χ0) is 15.6. The predicted molar refractivity (Wildman–Crippen MR) is 87.9 cm³/mol. The van der Waals surface area contributed by atoms with Crippen molar-refractivity contribution in [1.82, 2.24) is 20.0 Å². The van der Waals surface area contributed by atoms with Gasteiger partial charge in [-0.05, 0) is 23.8 Å². The Morgan fingerprint density at radius 2 is 1.83 bits per heavy atom. The second-order valence-electron chi connectivity index (χ2n) is 5.32. The van der Waals surface area contributed by atoms with Gasteiger partial charge in [0.2, 0.25) is 0 Å². The van der Waals surface area contributed by atoms with Gasteiger partial charge in [-0.25, -0.2) is 4.68 Å². The summed E-state index contributed by atoms with van der Waals surface area (Å²) in [6.45, 7) is 0. The van der Waals surface area contributed by atoms with Crippen LogP contribution in [0.1, 0.15) is 21.7 Å². The summed E-state index contributed by atoms with van der Waals surface area (Å²) in [7, 11) is 0. The van der Waals surface area contributed by atoms with Crippen molar-refractivity contribution in [2.75, 3.05) is 0 Å². The number of rotatable bonds is 4. The second-order valence-corrected chi connectivity index (χ2v) is 5.32. The first-order valence-corrected chi connectivity index (χ1v) is 7.37. The quantitative estimate of drug-likeness (QED) is 0.589. The van der Waals surface area contributed by atoms with E-state index in [4.69, 9.17) is 0 Å². The number of aromatic amines is 1. The van der Waals surface area contributed by atoms with E-state index in [-0.39, 0.29) is 0 Å². The van der Waals surface area contributed by atoms with Crippen LogP contribution in [0.5, 0.6) is 0 Å². The van der Waals surface area contributed by atoms with Crippen molar-refractivity contribution in [2.45, 2.75) is 6.42 Å². The van der Waals surface area contributed by atoms with Crippen LogP contribution in [0.4, 0.5) is 0 Å². The number of benzene rings is 2. The number of hydrogen-bond acceptors (Lipinski definition) is 3. The van der Waals surface area contributed by atoms with Crippen LogP contribution >= 0.6 is 0 Å². The van der Waals surface area contributed by atoms with Crippen molar-refractivity contribution in [3.63, 3.8) is 0 Å². The van der Waals surface area contributed by atoms with Crippen LogP contribution < -0.4 is 0 Å². The molecule has 0 aliphatic carbocycles. The molecule has 1 N–H and O–H groups in total. The molecule has 5 heteroatoms. The summed E-state index contributed by atoms with van der Waals surface area (Å²) in [5, 5.41) is 9.29. The molecule has 23 heavy (non-hydrogen) atoms. The Morgan fingerprint density at radius 1 is 1.04 bits per heavy atom. The van der Waals surface area contributed by atoms with Gasteiger partial charge >= 0.3 is 0 Å². The molecule has 5 nitrogen and oxygen atoms in total. The predicted octanol–water partition coefficient (Wildman–Crippen LogP) is 3.15. The number of aromatic nitrogens is 4. The van der Waals surface area contributed by atoms with Crippen molar-refractivity contribution < 1.29 is 4.79 Å². The van der Waals surface area contributed by atoms with E-state index in [0.717, 1.165) is 34.1 Å². The van der Waals surface area contributed by atoms with E-state index < -0.39 is 0 Å². The maximum absolute atomic E-state index is 11.3. The van der Waals surface area contributed by atoms with Gasteiger partial charge in [-0.15, -0.1) is 5.10 Å². The van der Waals surface area contributed by atoms with Crippen LogP contribution in [-0.2, 0) is 6.42 Å². The van der Waals surface area contributed by atoms with Gasteiger partial charge in [-0.3, -0.25) is 4.79 Å². The molecule has 0 saturated heterocycles. The molecule has 0 bridgehead atoms. The topological polar surface area (TPSA) is 63.6 Å². The minimum absolute atomic E-state index is 0.374. The number of carbonyl (C=O) groups excluding carboxylic acids is 1. The van der Waals surface area contributed by atoms with Crippen molar-refractivity contribution in [3.05, 3.63) is 77.7 Å². The fourth-order valence-corrected chi connectivity index (χ4v) is 2.81. The van der Waals surface area contributed by atoms with E-state index in [0.29, 0.717) is 12.1 Å². The summed E-state index contributed by atoms with van der Waals surface area (Å²) < 4.78 is 1.73. The number of para-hydroxylation sites is 2. The Hall–Kier alpha value is -3.21. The van der Waals surface area contributed by atoms with E-state index in [1.165, 1.54) is 0 Å². The first kappa shape index (κ1) is 13.5. The van der Waals surface area contributed by atoms with Crippen LogP contribution in [0.2, 0.25) is 0 Å². The molecule has 4 rings (SSSR count). The fourth-order valence-electron chi connectivity index (χ4n) is 2.81. The summed E-state index contributed by atoms with van der Waals surface area (Å²) >= 11 is 0. The normalized spacial score (nSPS) is 11.0. The third kappa shape index (κ3) is 2.32. The summed E-state index contributed by atoms with van der Waals surface area (Å²) in [6, 6.07) is 17.8. The van der Waals surface area contributed by atoms with Crippen LogP contribution in [0.15, 0.2) is 60.8 Å². The molecule has 112 valence electrons. The number of fused-ring (bicyclic) bond motifs is 1. The van der Waals surface area contributed by atoms with Crippen molar-refractivity contribution in [1.29, 1.82) is 0 Å². The molecule has 0 radical (unpaired) electrons. The van der Waals surface area contributed by atoms with Gasteiger partial charge in [-0.2, -0.15) is 0 Å².